The zero-order valence-corrected chi connectivity index (χ0v) is 9.62. The SMILES string of the molecule is COCC(C)CC(=O)c1ccc(C)cc1. The van der Waals surface area contributed by atoms with Crippen molar-refractivity contribution in [2.45, 2.75) is 20.3 Å². The van der Waals surface area contributed by atoms with Crippen LogP contribution in [0.5, 0.6) is 0 Å². The fourth-order valence-corrected chi connectivity index (χ4v) is 1.52. The van der Waals surface area contributed by atoms with Gasteiger partial charge in [0, 0.05) is 25.7 Å². The van der Waals surface area contributed by atoms with Crippen molar-refractivity contribution in [3.05, 3.63) is 35.4 Å². The van der Waals surface area contributed by atoms with Gasteiger partial charge in [-0.25, -0.2) is 0 Å². The van der Waals surface area contributed by atoms with E-state index < -0.39 is 0 Å². The molecule has 0 aliphatic carbocycles. The predicted molar refractivity (Wildman–Crippen MR) is 61.2 cm³/mol. The monoisotopic (exact) mass is 206 g/mol. The summed E-state index contributed by atoms with van der Waals surface area (Å²) in [4.78, 5) is 11.8. The van der Waals surface area contributed by atoms with Crippen molar-refractivity contribution >= 4 is 5.78 Å². The first kappa shape index (κ1) is 11.9. The van der Waals surface area contributed by atoms with Crippen LogP contribution < -0.4 is 0 Å². The molecule has 1 rings (SSSR count). The number of carbonyl (C=O) groups is 1. The fourth-order valence-electron chi connectivity index (χ4n) is 1.52. The molecule has 0 saturated heterocycles. The highest BCUT2D eigenvalue weighted by Crippen LogP contribution is 2.11. The van der Waals surface area contributed by atoms with Crippen LogP contribution in [0.4, 0.5) is 0 Å². The molecule has 82 valence electrons. The van der Waals surface area contributed by atoms with Gasteiger partial charge in [-0.15, -0.1) is 0 Å². The molecule has 2 nitrogen and oxygen atoms in total. The molecule has 0 aromatic heterocycles. The molecule has 0 saturated carbocycles. The molecule has 0 amide bonds. The number of ether oxygens (including phenoxy) is 1. The van der Waals surface area contributed by atoms with Crippen LogP contribution in [0.2, 0.25) is 0 Å². The lowest BCUT2D eigenvalue weighted by Crippen LogP contribution is -2.10. The molecule has 1 unspecified atom stereocenters. The van der Waals surface area contributed by atoms with Crippen LogP contribution in [0.25, 0.3) is 0 Å². The summed E-state index contributed by atoms with van der Waals surface area (Å²) in [5.74, 6) is 0.475. The fraction of sp³-hybridized carbons (Fsp3) is 0.462. The van der Waals surface area contributed by atoms with E-state index >= 15 is 0 Å². The summed E-state index contributed by atoms with van der Waals surface area (Å²) in [6.45, 7) is 4.68. The van der Waals surface area contributed by atoms with Gasteiger partial charge < -0.3 is 4.74 Å². The van der Waals surface area contributed by atoms with Gasteiger partial charge in [0.05, 0.1) is 0 Å². The van der Waals surface area contributed by atoms with Crippen molar-refractivity contribution in [3.63, 3.8) is 0 Å². The minimum atomic E-state index is 0.194. The first-order chi connectivity index (χ1) is 7.13. The second-order valence-corrected chi connectivity index (χ2v) is 4.05. The van der Waals surface area contributed by atoms with Crippen molar-refractivity contribution in [1.82, 2.24) is 0 Å². The van der Waals surface area contributed by atoms with Gasteiger partial charge in [-0.05, 0) is 12.8 Å². The Hall–Kier alpha value is -1.15. The number of benzene rings is 1. The van der Waals surface area contributed by atoms with Gasteiger partial charge in [0.1, 0.15) is 0 Å². The van der Waals surface area contributed by atoms with Gasteiger partial charge in [0.15, 0.2) is 5.78 Å². The predicted octanol–water partition coefficient (Wildman–Crippen LogP) is 2.85. The number of rotatable bonds is 5. The second kappa shape index (κ2) is 5.66. The first-order valence-electron chi connectivity index (χ1n) is 5.22. The molecule has 0 spiro atoms. The largest absolute Gasteiger partial charge is 0.384 e. The molecular weight excluding hydrogens is 188 g/mol. The maximum absolute atomic E-state index is 11.8. The zero-order valence-electron chi connectivity index (χ0n) is 9.62. The van der Waals surface area contributed by atoms with Crippen LogP contribution in [0.15, 0.2) is 24.3 Å². The topological polar surface area (TPSA) is 26.3 Å². The lowest BCUT2D eigenvalue weighted by molar-refractivity contribution is 0.0920. The third-order valence-corrected chi connectivity index (χ3v) is 2.36. The Labute approximate surface area is 91.3 Å². The summed E-state index contributed by atoms with van der Waals surface area (Å²) in [5, 5.41) is 0. The van der Waals surface area contributed by atoms with Gasteiger partial charge >= 0.3 is 0 Å². The minimum absolute atomic E-state index is 0.194. The third kappa shape index (κ3) is 3.84. The molecule has 0 fully saturated rings. The number of hydrogen-bond donors (Lipinski definition) is 0. The van der Waals surface area contributed by atoms with Gasteiger partial charge in [-0.1, -0.05) is 36.8 Å². The maximum atomic E-state index is 11.8. The summed E-state index contributed by atoms with van der Waals surface area (Å²) < 4.78 is 5.01. The highest BCUT2D eigenvalue weighted by molar-refractivity contribution is 5.96. The normalized spacial score (nSPS) is 12.5. The van der Waals surface area contributed by atoms with E-state index in [0.717, 1.165) is 5.56 Å². The van der Waals surface area contributed by atoms with E-state index in [9.17, 15) is 4.79 Å². The van der Waals surface area contributed by atoms with Crippen LogP contribution in [0, 0.1) is 12.8 Å². The molecule has 0 bridgehead atoms. The third-order valence-electron chi connectivity index (χ3n) is 2.36. The van der Waals surface area contributed by atoms with Crippen molar-refractivity contribution in [2.24, 2.45) is 5.92 Å². The Balaban J connectivity index is 2.57. The van der Waals surface area contributed by atoms with Crippen LogP contribution in [0.1, 0.15) is 29.3 Å². The Morgan fingerprint density at radius 3 is 2.47 bits per heavy atom. The van der Waals surface area contributed by atoms with Crippen molar-refractivity contribution in [3.8, 4) is 0 Å². The quantitative estimate of drug-likeness (QED) is 0.692. The number of aryl methyl sites for hydroxylation is 1. The Bertz CT molecular complexity index is 314. The summed E-state index contributed by atoms with van der Waals surface area (Å²) in [7, 11) is 1.66. The second-order valence-electron chi connectivity index (χ2n) is 4.05. The Morgan fingerprint density at radius 1 is 1.33 bits per heavy atom. The minimum Gasteiger partial charge on any atom is -0.384 e. The number of hydrogen-bond acceptors (Lipinski definition) is 2. The molecule has 0 aliphatic heterocycles. The van der Waals surface area contributed by atoms with E-state index in [4.69, 9.17) is 4.74 Å². The molecule has 0 aliphatic rings. The van der Waals surface area contributed by atoms with E-state index in [-0.39, 0.29) is 11.7 Å². The molecule has 1 aromatic rings. The highest BCUT2D eigenvalue weighted by atomic mass is 16.5. The molecule has 15 heavy (non-hydrogen) atoms. The van der Waals surface area contributed by atoms with Crippen molar-refractivity contribution < 1.29 is 9.53 Å². The van der Waals surface area contributed by atoms with E-state index in [2.05, 4.69) is 0 Å². The molecule has 1 aromatic carbocycles. The number of Topliss-reactive ketones (excluding diaryl/α,β-unsaturated/α-hetero) is 1. The van der Waals surface area contributed by atoms with Crippen LogP contribution in [-0.2, 0) is 4.74 Å². The summed E-state index contributed by atoms with van der Waals surface area (Å²) in [6.07, 6.45) is 0.552. The van der Waals surface area contributed by atoms with E-state index in [1.807, 2.05) is 38.1 Å². The zero-order chi connectivity index (χ0) is 11.3. The number of methoxy groups -OCH3 is 1. The highest BCUT2D eigenvalue weighted by Gasteiger charge is 2.10. The summed E-state index contributed by atoms with van der Waals surface area (Å²) in [5.41, 5.74) is 1.97. The Kier molecular flexibility index (Phi) is 4.50. The molecule has 0 heterocycles. The lowest BCUT2D eigenvalue weighted by Gasteiger charge is -2.08. The molecular formula is C13H18O2. The smallest absolute Gasteiger partial charge is 0.163 e. The van der Waals surface area contributed by atoms with Gasteiger partial charge in [-0.3, -0.25) is 4.79 Å². The van der Waals surface area contributed by atoms with Crippen LogP contribution >= 0.6 is 0 Å². The van der Waals surface area contributed by atoms with E-state index in [1.54, 1.807) is 7.11 Å². The molecule has 0 N–H and O–H groups in total. The van der Waals surface area contributed by atoms with Crippen LogP contribution in [-0.4, -0.2) is 19.5 Å². The van der Waals surface area contributed by atoms with E-state index in [0.29, 0.717) is 13.0 Å². The summed E-state index contributed by atoms with van der Waals surface area (Å²) >= 11 is 0. The van der Waals surface area contributed by atoms with Crippen molar-refractivity contribution in [1.29, 1.82) is 0 Å². The Morgan fingerprint density at radius 2 is 1.93 bits per heavy atom. The average Bonchev–Trinajstić information content (AvgIpc) is 2.18. The number of carbonyl (C=O) groups excluding carboxylic acids is 1. The number of ketones is 1. The summed E-state index contributed by atoms with van der Waals surface area (Å²) in [6, 6.07) is 7.71. The van der Waals surface area contributed by atoms with Gasteiger partial charge in [-0.2, -0.15) is 0 Å². The average molecular weight is 206 g/mol. The van der Waals surface area contributed by atoms with Crippen molar-refractivity contribution in [2.75, 3.05) is 13.7 Å². The van der Waals surface area contributed by atoms with E-state index in [1.165, 1.54) is 5.56 Å². The molecule has 1 atom stereocenters. The molecule has 0 radical (unpaired) electrons. The standard InChI is InChI=1S/C13H18O2/c1-10-4-6-12(7-5-10)13(14)8-11(2)9-15-3/h4-7,11H,8-9H2,1-3H3. The first-order valence-corrected chi connectivity index (χ1v) is 5.22. The van der Waals surface area contributed by atoms with Gasteiger partial charge in [0.25, 0.3) is 0 Å². The van der Waals surface area contributed by atoms with Gasteiger partial charge in [0.2, 0.25) is 0 Å². The van der Waals surface area contributed by atoms with Crippen LogP contribution in [0.3, 0.4) is 0 Å². The molecule has 2 heteroatoms. The maximum Gasteiger partial charge on any atom is 0.163 e. The lowest BCUT2D eigenvalue weighted by atomic mass is 10.00.